The van der Waals surface area contributed by atoms with Crippen molar-refractivity contribution in [3.05, 3.63) is 89.0 Å². The van der Waals surface area contributed by atoms with Gasteiger partial charge in [-0.05, 0) is 66.9 Å². The van der Waals surface area contributed by atoms with Gasteiger partial charge in [-0.3, -0.25) is 4.79 Å². The quantitative estimate of drug-likeness (QED) is 0.421. The van der Waals surface area contributed by atoms with E-state index in [-0.39, 0.29) is 34.7 Å². The molecular weight excluding hydrogens is 524 g/mol. The number of hydrogen-bond donors (Lipinski definition) is 1. The highest BCUT2D eigenvalue weighted by molar-refractivity contribution is 7.89. The third kappa shape index (κ3) is 5.79. The minimum absolute atomic E-state index is 0.00404. The number of nitrogens with one attached hydrogen (secondary N) is 1. The van der Waals surface area contributed by atoms with Crippen LogP contribution in [-0.4, -0.2) is 57.4 Å². The monoisotopic (exact) mass is 552 g/mol. The number of carbonyl (C=O) groups excluding carboxylic acids is 3. The summed E-state index contributed by atoms with van der Waals surface area (Å²) in [6, 6.07) is 16.1. The standard InChI is InChI=1S/C28H28N2O8S/c1-4-38-21-10-12-22(13-11-21)39(34,35)30-17-20-8-6-5-7-18(20)16-25(30)26(31)29-24-15-19(27(32)36-2)9-14-23(24)28(33)37-3/h5-15,25H,4,16-17H2,1-3H3,(H,29,31)/t25-/m0/s1. The molecular formula is C28H28N2O8S. The lowest BCUT2D eigenvalue weighted by atomic mass is 9.95. The molecule has 39 heavy (non-hydrogen) atoms. The number of esters is 2. The molecule has 0 saturated carbocycles. The van der Waals surface area contributed by atoms with Crippen LogP contribution in [0.1, 0.15) is 38.8 Å². The average Bonchev–Trinajstić information content (AvgIpc) is 2.96. The number of benzene rings is 3. The van der Waals surface area contributed by atoms with E-state index in [9.17, 15) is 22.8 Å². The number of hydrogen-bond acceptors (Lipinski definition) is 8. The van der Waals surface area contributed by atoms with Crippen LogP contribution in [0.4, 0.5) is 5.69 Å². The molecule has 0 saturated heterocycles. The lowest BCUT2D eigenvalue weighted by molar-refractivity contribution is -0.120. The van der Waals surface area contributed by atoms with Gasteiger partial charge in [-0.2, -0.15) is 4.31 Å². The van der Waals surface area contributed by atoms with E-state index >= 15 is 0 Å². The smallest absolute Gasteiger partial charge is 0.339 e. The van der Waals surface area contributed by atoms with Gasteiger partial charge in [-0.1, -0.05) is 24.3 Å². The summed E-state index contributed by atoms with van der Waals surface area (Å²) >= 11 is 0. The van der Waals surface area contributed by atoms with Gasteiger partial charge in [0.15, 0.2) is 0 Å². The van der Waals surface area contributed by atoms with E-state index in [1.54, 1.807) is 12.1 Å². The number of methoxy groups -OCH3 is 2. The van der Waals surface area contributed by atoms with Crippen molar-refractivity contribution in [3.63, 3.8) is 0 Å². The third-order valence-corrected chi connectivity index (χ3v) is 8.22. The molecule has 204 valence electrons. The number of nitrogens with zero attached hydrogens (tertiary/aromatic N) is 1. The number of ether oxygens (including phenoxy) is 3. The first-order chi connectivity index (χ1) is 18.7. The maximum atomic E-state index is 13.8. The molecule has 1 N–H and O–H groups in total. The molecule has 11 heteroatoms. The Labute approximate surface area is 226 Å². The van der Waals surface area contributed by atoms with Crippen molar-refractivity contribution in [2.24, 2.45) is 0 Å². The second kappa shape index (κ2) is 11.7. The van der Waals surface area contributed by atoms with Gasteiger partial charge in [0.1, 0.15) is 11.8 Å². The summed E-state index contributed by atoms with van der Waals surface area (Å²) in [6.07, 6.45) is 0.0997. The second-order valence-electron chi connectivity index (χ2n) is 8.68. The lowest BCUT2D eigenvalue weighted by Crippen LogP contribution is -2.50. The molecule has 3 aromatic carbocycles. The zero-order valence-electron chi connectivity index (χ0n) is 21.7. The number of rotatable bonds is 8. The topological polar surface area (TPSA) is 128 Å². The summed E-state index contributed by atoms with van der Waals surface area (Å²) in [7, 11) is -1.74. The van der Waals surface area contributed by atoms with Gasteiger partial charge in [-0.25, -0.2) is 18.0 Å². The number of carbonyl (C=O) groups is 3. The minimum atomic E-state index is -4.13. The van der Waals surface area contributed by atoms with Crippen molar-refractivity contribution in [2.75, 3.05) is 26.1 Å². The van der Waals surface area contributed by atoms with Gasteiger partial charge in [0.25, 0.3) is 0 Å². The van der Waals surface area contributed by atoms with E-state index in [4.69, 9.17) is 14.2 Å². The number of sulfonamides is 1. The fraction of sp³-hybridized carbons (Fsp3) is 0.250. The zero-order valence-corrected chi connectivity index (χ0v) is 22.5. The summed E-state index contributed by atoms with van der Waals surface area (Å²) in [5.74, 6) is -1.57. The van der Waals surface area contributed by atoms with E-state index in [2.05, 4.69) is 5.32 Å². The molecule has 0 spiro atoms. The highest BCUT2D eigenvalue weighted by Gasteiger charge is 2.40. The number of fused-ring (bicyclic) bond motifs is 1. The Hall–Kier alpha value is -4.22. The Bertz CT molecular complexity index is 1500. The van der Waals surface area contributed by atoms with Crippen molar-refractivity contribution in [2.45, 2.75) is 30.8 Å². The largest absolute Gasteiger partial charge is 0.494 e. The first-order valence-corrected chi connectivity index (χ1v) is 13.6. The van der Waals surface area contributed by atoms with Gasteiger partial charge < -0.3 is 19.5 Å². The Morgan fingerprint density at radius 1 is 0.923 bits per heavy atom. The van der Waals surface area contributed by atoms with Gasteiger partial charge in [0.05, 0.1) is 42.5 Å². The Morgan fingerprint density at radius 3 is 2.23 bits per heavy atom. The maximum Gasteiger partial charge on any atom is 0.339 e. The summed E-state index contributed by atoms with van der Waals surface area (Å²) in [6.45, 7) is 2.23. The summed E-state index contributed by atoms with van der Waals surface area (Å²) in [5, 5.41) is 2.65. The minimum Gasteiger partial charge on any atom is -0.494 e. The van der Waals surface area contributed by atoms with Crippen molar-refractivity contribution < 1.29 is 37.0 Å². The molecule has 1 aliphatic rings. The summed E-state index contributed by atoms with van der Waals surface area (Å²) in [4.78, 5) is 38.2. The first-order valence-electron chi connectivity index (χ1n) is 12.1. The molecule has 0 bridgehead atoms. The van der Waals surface area contributed by atoms with Crippen LogP contribution in [0.5, 0.6) is 5.75 Å². The number of anilines is 1. The van der Waals surface area contributed by atoms with Crippen LogP contribution in [-0.2, 0) is 37.3 Å². The van der Waals surface area contributed by atoms with E-state index in [0.29, 0.717) is 12.4 Å². The molecule has 1 amide bonds. The average molecular weight is 553 g/mol. The van der Waals surface area contributed by atoms with Crippen LogP contribution < -0.4 is 10.1 Å². The van der Waals surface area contributed by atoms with Gasteiger partial charge in [-0.15, -0.1) is 0 Å². The van der Waals surface area contributed by atoms with E-state index < -0.39 is 33.9 Å². The molecule has 1 heterocycles. The highest BCUT2D eigenvalue weighted by Crippen LogP contribution is 2.31. The van der Waals surface area contributed by atoms with E-state index in [1.165, 1.54) is 44.6 Å². The molecule has 0 radical (unpaired) electrons. The van der Waals surface area contributed by atoms with Crippen LogP contribution in [0.25, 0.3) is 0 Å². The maximum absolute atomic E-state index is 13.8. The van der Waals surface area contributed by atoms with Crippen LogP contribution in [0, 0.1) is 0 Å². The van der Waals surface area contributed by atoms with Gasteiger partial charge >= 0.3 is 11.9 Å². The summed E-state index contributed by atoms with van der Waals surface area (Å²) < 4.78 is 43.7. The Morgan fingerprint density at radius 2 is 1.59 bits per heavy atom. The lowest BCUT2D eigenvalue weighted by Gasteiger charge is -2.35. The molecule has 0 aliphatic carbocycles. The van der Waals surface area contributed by atoms with Crippen LogP contribution in [0.15, 0.2) is 71.6 Å². The van der Waals surface area contributed by atoms with Crippen molar-refractivity contribution >= 4 is 33.6 Å². The van der Waals surface area contributed by atoms with Crippen molar-refractivity contribution in [3.8, 4) is 5.75 Å². The van der Waals surface area contributed by atoms with Crippen LogP contribution >= 0.6 is 0 Å². The normalized spacial score (nSPS) is 15.1. The molecule has 0 fully saturated rings. The number of amides is 1. The summed E-state index contributed by atoms with van der Waals surface area (Å²) in [5.41, 5.74) is 1.68. The predicted molar refractivity (Wildman–Crippen MR) is 142 cm³/mol. The van der Waals surface area contributed by atoms with Gasteiger partial charge in [0, 0.05) is 6.54 Å². The van der Waals surface area contributed by atoms with E-state index in [1.807, 2.05) is 31.2 Å². The Kier molecular flexibility index (Phi) is 8.32. The zero-order chi connectivity index (χ0) is 28.2. The van der Waals surface area contributed by atoms with E-state index in [0.717, 1.165) is 15.4 Å². The highest BCUT2D eigenvalue weighted by atomic mass is 32.2. The second-order valence-corrected chi connectivity index (χ2v) is 10.6. The van der Waals surface area contributed by atoms with Crippen molar-refractivity contribution in [1.82, 2.24) is 4.31 Å². The molecule has 0 aromatic heterocycles. The SMILES string of the molecule is CCOc1ccc(S(=O)(=O)N2Cc3ccccc3C[C@H]2C(=O)Nc2cc(C(=O)OC)ccc2C(=O)OC)cc1. The molecule has 10 nitrogen and oxygen atoms in total. The molecule has 4 rings (SSSR count). The van der Waals surface area contributed by atoms with Crippen LogP contribution in [0.3, 0.4) is 0 Å². The van der Waals surface area contributed by atoms with Crippen LogP contribution in [0.2, 0.25) is 0 Å². The van der Waals surface area contributed by atoms with Gasteiger partial charge in [0.2, 0.25) is 15.9 Å². The predicted octanol–water partition coefficient (Wildman–Crippen LogP) is 3.41. The molecule has 3 aromatic rings. The Balaban J connectivity index is 1.73. The fourth-order valence-electron chi connectivity index (χ4n) is 4.38. The van der Waals surface area contributed by atoms with Crippen molar-refractivity contribution in [1.29, 1.82) is 0 Å². The molecule has 0 unspecified atom stereocenters. The molecule has 1 atom stereocenters. The fourth-order valence-corrected chi connectivity index (χ4v) is 5.95. The molecule has 1 aliphatic heterocycles. The first kappa shape index (κ1) is 27.8. The third-order valence-electron chi connectivity index (χ3n) is 6.35.